The molecule has 0 radical (unpaired) electrons. The van der Waals surface area contributed by atoms with E-state index in [0.717, 1.165) is 64.2 Å². The monoisotopic (exact) mass is 450 g/mol. The fourth-order valence-corrected chi connectivity index (χ4v) is 8.51. The first kappa shape index (κ1) is 24.1. The largest absolute Gasteiger partial charge is 0.393 e. The van der Waals surface area contributed by atoms with Crippen LogP contribution in [0.5, 0.6) is 0 Å². The van der Waals surface area contributed by atoms with Gasteiger partial charge in [-0.15, -0.1) is 5.10 Å². The zero-order valence-electron chi connectivity index (χ0n) is 20.4. The highest BCUT2D eigenvalue weighted by Crippen LogP contribution is 2.69. The van der Waals surface area contributed by atoms with Gasteiger partial charge in [-0.2, -0.15) is 5.17 Å². The minimum Gasteiger partial charge on any atom is -0.393 e. The molecular formula is C25H46N4O3. The van der Waals surface area contributed by atoms with Gasteiger partial charge < -0.3 is 21.7 Å². The Morgan fingerprint density at radius 3 is 2.56 bits per heavy atom. The molecule has 7 heteroatoms. The highest BCUT2D eigenvalue weighted by molar-refractivity contribution is 5.75. The van der Waals surface area contributed by atoms with E-state index in [-0.39, 0.29) is 22.9 Å². The molecule has 32 heavy (non-hydrogen) atoms. The van der Waals surface area contributed by atoms with Crippen molar-refractivity contribution < 1.29 is 15.1 Å². The zero-order valence-corrected chi connectivity index (χ0v) is 20.4. The molecule has 0 aliphatic heterocycles. The lowest BCUT2D eigenvalue weighted by atomic mass is 9.43. The SMILES string of the molecule is CCCON(CC[C@H]1CC[C@]2(O)[C@@H]3CC[C@@H]4C[C@@H](O)CC[C@]4(C)[C@H]3CC[C@]12C)N=C(N)N. The Bertz CT molecular complexity index is 701. The number of fused-ring (bicyclic) bond motifs is 5. The predicted molar refractivity (Wildman–Crippen MR) is 126 cm³/mol. The third-order valence-corrected chi connectivity index (χ3v) is 10.4. The standard InChI is InChI=1S/C25H46N4O3/c1-4-15-32-29(28-22(26)27)14-10-17-7-13-25(31)21-6-5-18-16-19(30)8-11-23(18,2)20(21)9-12-24(17,25)3/h17-21,30-31H,4-16H2,1-3H3,(H4,26,27,28)/t17-,18-,19+,20+,21-,23+,24-,25+/m1/s1. The molecule has 0 spiro atoms. The van der Waals surface area contributed by atoms with Gasteiger partial charge in [0.2, 0.25) is 5.96 Å². The summed E-state index contributed by atoms with van der Waals surface area (Å²) in [4.78, 5) is 5.73. The maximum atomic E-state index is 12.3. The number of hydrogen-bond acceptors (Lipinski definition) is 5. The second kappa shape index (κ2) is 8.95. The molecule has 0 aromatic carbocycles. The van der Waals surface area contributed by atoms with Crippen LogP contribution in [0.25, 0.3) is 0 Å². The van der Waals surface area contributed by atoms with E-state index in [4.69, 9.17) is 16.3 Å². The number of rotatable bonds is 7. The third-order valence-electron chi connectivity index (χ3n) is 10.4. The van der Waals surface area contributed by atoms with Gasteiger partial charge in [-0.05, 0) is 105 Å². The number of aliphatic hydroxyl groups excluding tert-OH is 1. The first-order valence-corrected chi connectivity index (χ1v) is 13.0. The maximum absolute atomic E-state index is 12.3. The minimum atomic E-state index is -0.587. The Hall–Kier alpha value is -1.05. The summed E-state index contributed by atoms with van der Waals surface area (Å²) in [6.45, 7) is 8.10. The molecule has 0 unspecified atom stereocenters. The van der Waals surface area contributed by atoms with Crippen molar-refractivity contribution in [2.24, 2.45) is 51.1 Å². The minimum absolute atomic E-state index is 0.0124. The number of guanidine groups is 1. The summed E-state index contributed by atoms with van der Waals surface area (Å²) in [6.07, 6.45) is 11.2. The van der Waals surface area contributed by atoms with E-state index in [9.17, 15) is 10.2 Å². The number of hydrogen-bond donors (Lipinski definition) is 4. The number of hydrazone groups is 1. The second-order valence-electron chi connectivity index (χ2n) is 11.8. The Labute approximate surface area is 193 Å². The molecular weight excluding hydrogens is 404 g/mol. The normalized spacial score (nSPS) is 45.5. The number of nitrogens with zero attached hydrogens (tertiary/aromatic N) is 2. The lowest BCUT2D eigenvalue weighted by Gasteiger charge is -2.63. The Kier molecular flexibility index (Phi) is 6.74. The molecule has 8 atom stereocenters. The molecule has 4 fully saturated rings. The first-order chi connectivity index (χ1) is 15.1. The topological polar surface area (TPSA) is 117 Å². The molecule has 6 N–H and O–H groups in total. The quantitative estimate of drug-likeness (QED) is 0.268. The highest BCUT2D eigenvalue weighted by Gasteiger charge is 2.66. The van der Waals surface area contributed by atoms with E-state index in [1.54, 1.807) is 5.17 Å². The summed E-state index contributed by atoms with van der Waals surface area (Å²) in [5, 5.41) is 28.2. The van der Waals surface area contributed by atoms with Gasteiger partial charge in [0.15, 0.2) is 0 Å². The molecule has 4 aliphatic carbocycles. The van der Waals surface area contributed by atoms with Crippen LogP contribution in [0.4, 0.5) is 0 Å². The Balaban J connectivity index is 1.48. The van der Waals surface area contributed by atoms with E-state index in [1.165, 1.54) is 6.42 Å². The van der Waals surface area contributed by atoms with Gasteiger partial charge in [-0.25, -0.2) is 0 Å². The van der Waals surface area contributed by atoms with Gasteiger partial charge in [0.25, 0.3) is 0 Å². The summed E-state index contributed by atoms with van der Waals surface area (Å²) in [7, 11) is 0. The van der Waals surface area contributed by atoms with Gasteiger partial charge in [-0.3, -0.25) is 4.84 Å². The van der Waals surface area contributed by atoms with Crippen LogP contribution in [-0.4, -0.2) is 46.2 Å². The highest BCUT2D eigenvalue weighted by atomic mass is 16.7. The van der Waals surface area contributed by atoms with Gasteiger partial charge >= 0.3 is 0 Å². The fraction of sp³-hybridized carbons (Fsp3) is 0.960. The lowest BCUT2D eigenvalue weighted by Crippen LogP contribution is -2.62. The first-order valence-electron chi connectivity index (χ1n) is 13.0. The Morgan fingerprint density at radius 1 is 1.06 bits per heavy atom. The molecule has 0 bridgehead atoms. The van der Waals surface area contributed by atoms with E-state index in [0.29, 0.717) is 36.8 Å². The number of aliphatic hydroxyl groups is 2. The van der Waals surface area contributed by atoms with Crippen LogP contribution in [0.15, 0.2) is 5.10 Å². The predicted octanol–water partition coefficient (Wildman–Crippen LogP) is 3.34. The summed E-state index contributed by atoms with van der Waals surface area (Å²) >= 11 is 0. The van der Waals surface area contributed by atoms with Crippen LogP contribution < -0.4 is 11.5 Å². The average molecular weight is 451 g/mol. The molecule has 4 aliphatic rings. The van der Waals surface area contributed by atoms with Crippen LogP contribution >= 0.6 is 0 Å². The molecule has 0 aromatic heterocycles. The van der Waals surface area contributed by atoms with Crippen molar-refractivity contribution in [1.29, 1.82) is 0 Å². The van der Waals surface area contributed by atoms with Crippen molar-refractivity contribution in [2.45, 2.75) is 103 Å². The molecule has 0 amide bonds. The van der Waals surface area contributed by atoms with E-state index in [1.807, 2.05) is 0 Å². The van der Waals surface area contributed by atoms with Gasteiger partial charge in [0, 0.05) is 0 Å². The summed E-state index contributed by atoms with van der Waals surface area (Å²) in [5.41, 5.74) is 10.8. The second-order valence-corrected chi connectivity index (χ2v) is 11.8. The summed E-state index contributed by atoms with van der Waals surface area (Å²) in [6, 6.07) is 0. The smallest absolute Gasteiger partial charge is 0.211 e. The summed E-state index contributed by atoms with van der Waals surface area (Å²) in [5.74, 6) is 2.03. The Morgan fingerprint density at radius 2 is 1.84 bits per heavy atom. The van der Waals surface area contributed by atoms with Gasteiger partial charge in [-0.1, -0.05) is 20.8 Å². The molecule has 184 valence electrons. The van der Waals surface area contributed by atoms with Crippen LogP contribution in [0.3, 0.4) is 0 Å². The number of hydroxylamine groups is 1. The van der Waals surface area contributed by atoms with Crippen molar-refractivity contribution in [2.75, 3.05) is 13.2 Å². The molecule has 4 saturated carbocycles. The van der Waals surface area contributed by atoms with Crippen LogP contribution in [0.2, 0.25) is 0 Å². The number of nitrogens with two attached hydrogens (primary N) is 2. The zero-order chi connectivity index (χ0) is 23.1. The van der Waals surface area contributed by atoms with Crippen molar-refractivity contribution in [3.63, 3.8) is 0 Å². The van der Waals surface area contributed by atoms with E-state index in [2.05, 4.69) is 25.9 Å². The summed E-state index contributed by atoms with van der Waals surface area (Å²) < 4.78 is 0. The van der Waals surface area contributed by atoms with Crippen LogP contribution in [-0.2, 0) is 4.84 Å². The van der Waals surface area contributed by atoms with E-state index >= 15 is 0 Å². The fourth-order valence-electron chi connectivity index (χ4n) is 8.51. The maximum Gasteiger partial charge on any atom is 0.211 e. The van der Waals surface area contributed by atoms with Crippen LogP contribution in [0, 0.1) is 34.5 Å². The van der Waals surface area contributed by atoms with Gasteiger partial charge in [0.1, 0.15) is 0 Å². The third kappa shape index (κ3) is 3.92. The molecule has 0 saturated heterocycles. The molecule has 0 heterocycles. The van der Waals surface area contributed by atoms with Crippen molar-refractivity contribution in [3.05, 3.63) is 0 Å². The molecule has 0 aromatic rings. The molecule has 7 nitrogen and oxygen atoms in total. The van der Waals surface area contributed by atoms with Crippen molar-refractivity contribution in [1.82, 2.24) is 5.17 Å². The van der Waals surface area contributed by atoms with Gasteiger partial charge in [0.05, 0.1) is 24.9 Å². The van der Waals surface area contributed by atoms with E-state index < -0.39 is 5.60 Å². The average Bonchev–Trinajstić information content (AvgIpc) is 3.01. The molecule has 4 rings (SSSR count). The lowest BCUT2D eigenvalue weighted by molar-refractivity contribution is -0.213. The van der Waals surface area contributed by atoms with Crippen molar-refractivity contribution >= 4 is 5.96 Å². The van der Waals surface area contributed by atoms with Crippen molar-refractivity contribution in [3.8, 4) is 0 Å². The van der Waals surface area contributed by atoms with Crippen LogP contribution in [0.1, 0.15) is 91.4 Å².